The molecule has 0 aromatic heterocycles. The Labute approximate surface area is 247 Å². The van der Waals surface area contributed by atoms with Crippen LogP contribution in [0.2, 0.25) is 0 Å². The maximum absolute atomic E-state index is 15.1. The predicted molar refractivity (Wildman–Crippen MR) is 147 cm³/mol. The first kappa shape index (κ1) is 32.9. The Morgan fingerprint density at radius 1 is 0.614 bits per heavy atom. The molecular weight excluding hydrogens is 599 g/mol. The Hall–Kier alpha value is -3.99. The van der Waals surface area contributed by atoms with Crippen LogP contribution in [-0.2, 0) is 6.11 Å². The number of aliphatic hydroxyl groups is 1. The summed E-state index contributed by atoms with van der Waals surface area (Å²) in [5.74, 6) is -12.2. The zero-order valence-corrected chi connectivity index (χ0v) is 23.5. The van der Waals surface area contributed by atoms with E-state index in [0.29, 0.717) is 37.8 Å². The molecule has 4 aromatic carbocycles. The lowest BCUT2D eigenvalue weighted by molar-refractivity contribution is -0.189. The van der Waals surface area contributed by atoms with E-state index < -0.39 is 63.7 Å². The van der Waals surface area contributed by atoms with Crippen LogP contribution in [0.5, 0.6) is 5.75 Å². The van der Waals surface area contributed by atoms with Crippen molar-refractivity contribution >= 4 is 0 Å². The molecule has 0 bridgehead atoms. The highest BCUT2D eigenvalue weighted by Crippen LogP contribution is 2.39. The third kappa shape index (κ3) is 6.88. The van der Waals surface area contributed by atoms with Gasteiger partial charge in [0.1, 0.15) is 34.6 Å². The van der Waals surface area contributed by atoms with Crippen LogP contribution in [0.3, 0.4) is 0 Å². The number of hydrogen-bond acceptors (Lipinski definition) is 2. The van der Waals surface area contributed by atoms with Crippen molar-refractivity contribution in [1.82, 2.24) is 0 Å². The molecule has 0 unspecified atom stereocenters. The molecule has 1 saturated carbocycles. The third-order valence-electron chi connectivity index (χ3n) is 7.29. The minimum Gasteiger partial charge on any atom is -0.429 e. The molecule has 4 aromatic rings. The van der Waals surface area contributed by atoms with E-state index in [2.05, 4.69) is 4.74 Å². The summed E-state index contributed by atoms with van der Waals surface area (Å²) < 4.78 is 133. The lowest BCUT2D eigenvalue weighted by atomic mass is 9.82. The van der Waals surface area contributed by atoms with Crippen LogP contribution in [0.1, 0.15) is 56.6 Å². The van der Waals surface area contributed by atoms with Gasteiger partial charge in [0.2, 0.25) is 0 Å². The van der Waals surface area contributed by atoms with Gasteiger partial charge in [0.05, 0.1) is 6.10 Å². The smallest absolute Gasteiger partial charge is 0.429 e. The number of benzene rings is 4. The number of aliphatic hydroxyl groups excluding tert-OH is 1. The highest BCUT2D eigenvalue weighted by Gasteiger charge is 2.41. The van der Waals surface area contributed by atoms with Crippen molar-refractivity contribution in [2.24, 2.45) is 0 Å². The number of ether oxygens (including phenoxy) is 1. The maximum atomic E-state index is 15.1. The lowest BCUT2D eigenvalue weighted by Gasteiger charge is -2.26. The van der Waals surface area contributed by atoms with Crippen LogP contribution in [0.4, 0.5) is 39.5 Å². The molecular formula is C33H27F9O2. The molecule has 1 N–H and O–H groups in total. The quantitative estimate of drug-likeness (QED) is 0.171. The second kappa shape index (κ2) is 13.3. The molecule has 1 aliphatic rings. The summed E-state index contributed by atoms with van der Waals surface area (Å²) in [5.41, 5.74) is -1.84. The van der Waals surface area contributed by atoms with Crippen molar-refractivity contribution in [3.05, 3.63) is 113 Å². The first-order valence-electron chi connectivity index (χ1n) is 13.8. The van der Waals surface area contributed by atoms with Gasteiger partial charge in [-0.2, -0.15) is 8.78 Å². The topological polar surface area (TPSA) is 29.5 Å². The Morgan fingerprint density at radius 2 is 1.11 bits per heavy atom. The van der Waals surface area contributed by atoms with Gasteiger partial charge in [0.25, 0.3) is 0 Å². The van der Waals surface area contributed by atoms with E-state index in [1.807, 2.05) is 13.8 Å². The van der Waals surface area contributed by atoms with Gasteiger partial charge in [-0.15, -0.1) is 0 Å². The Morgan fingerprint density at radius 3 is 1.66 bits per heavy atom. The molecule has 0 aliphatic heterocycles. The van der Waals surface area contributed by atoms with E-state index in [-0.39, 0.29) is 40.8 Å². The van der Waals surface area contributed by atoms with Crippen molar-refractivity contribution in [3.8, 4) is 28.0 Å². The van der Waals surface area contributed by atoms with Crippen molar-refractivity contribution in [1.29, 1.82) is 0 Å². The van der Waals surface area contributed by atoms with Gasteiger partial charge >= 0.3 is 6.11 Å². The minimum atomic E-state index is -4.80. The van der Waals surface area contributed by atoms with E-state index in [1.165, 1.54) is 18.2 Å². The van der Waals surface area contributed by atoms with Gasteiger partial charge in [0, 0.05) is 23.3 Å². The van der Waals surface area contributed by atoms with E-state index >= 15 is 4.39 Å². The monoisotopic (exact) mass is 626 g/mol. The number of rotatable bonds is 6. The maximum Gasteiger partial charge on any atom is 0.432 e. The van der Waals surface area contributed by atoms with Crippen molar-refractivity contribution < 1.29 is 49.4 Å². The molecule has 1 aliphatic carbocycles. The molecule has 11 heteroatoms. The van der Waals surface area contributed by atoms with Crippen molar-refractivity contribution in [2.45, 2.75) is 57.7 Å². The fourth-order valence-corrected chi connectivity index (χ4v) is 5.14. The van der Waals surface area contributed by atoms with Crippen LogP contribution < -0.4 is 4.74 Å². The van der Waals surface area contributed by atoms with Crippen LogP contribution >= 0.6 is 0 Å². The highest BCUT2D eigenvalue weighted by molar-refractivity contribution is 5.72. The molecule has 0 spiro atoms. The van der Waals surface area contributed by atoms with Crippen molar-refractivity contribution in [3.63, 3.8) is 0 Å². The van der Waals surface area contributed by atoms with Crippen LogP contribution in [0, 0.1) is 40.7 Å². The number of hydrogen-bond donors (Lipinski definition) is 1. The fourth-order valence-electron chi connectivity index (χ4n) is 5.14. The summed E-state index contributed by atoms with van der Waals surface area (Å²) in [4.78, 5) is 0. The van der Waals surface area contributed by atoms with Gasteiger partial charge in [0.15, 0.2) is 17.5 Å². The van der Waals surface area contributed by atoms with Crippen LogP contribution in [0.15, 0.2) is 60.7 Å². The summed E-state index contributed by atoms with van der Waals surface area (Å²) in [7, 11) is 0. The summed E-state index contributed by atoms with van der Waals surface area (Å²) in [6.45, 7) is 4.00. The summed E-state index contributed by atoms with van der Waals surface area (Å²) in [5, 5.41) is 9.69. The largest absolute Gasteiger partial charge is 0.432 e. The average Bonchev–Trinajstić information content (AvgIpc) is 2.96. The zero-order valence-electron chi connectivity index (χ0n) is 23.5. The molecule has 1 fully saturated rings. The fraction of sp³-hybridized carbons (Fsp3) is 0.273. The molecule has 0 atom stereocenters. The molecule has 2 nitrogen and oxygen atoms in total. The normalized spacial score (nSPS) is 16.7. The van der Waals surface area contributed by atoms with Gasteiger partial charge in [-0.3, -0.25) is 0 Å². The Kier molecular flexibility index (Phi) is 9.98. The average molecular weight is 627 g/mol. The minimum absolute atomic E-state index is 0.0678. The Bertz CT molecular complexity index is 1600. The van der Waals surface area contributed by atoms with Gasteiger partial charge in [-0.1, -0.05) is 38.1 Å². The lowest BCUT2D eigenvalue weighted by Crippen LogP contribution is -2.25. The highest BCUT2D eigenvalue weighted by atomic mass is 19.3. The van der Waals surface area contributed by atoms with Gasteiger partial charge < -0.3 is 9.84 Å². The molecule has 0 heterocycles. The Balaban J connectivity index is 0.00000216. The third-order valence-corrected chi connectivity index (χ3v) is 7.29. The first-order valence-corrected chi connectivity index (χ1v) is 13.8. The molecule has 0 radical (unpaired) electrons. The van der Waals surface area contributed by atoms with E-state index in [4.69, 9.17) is 0 Å². The second-order valence-corrected chi connectivity index (χ2v) is 10.1. The van der Waals surface area contributed by atoms with Crippen LogP contribution in [0.25, 0.3) is 22.3 Å². The molecule has 0 amide bonds. The number of halogens is 9. The summed E-state index contributed by atoms with van der Waals surface area (Å²) in [6.07, 6.45) is -2.53. The standard InChI is InChI=1S/C31H21F9O2.C2H6/c32-23-9-16(15-1-5-19(41)6-2-15)3-7-21(23)17-4-8-22(24(33)10-17)18-11-25(34)29(26(35)12-18)31(39,40)42-20-13-27(36)30(38)28(37)14-20;1-2/h3-4,7-15,19,41H,1-2,5-6H2;1-2H3. The first-order chi connectivity index (χ1) is 20.8. The van der Waals surface area contributed by atoms with E-state index in [1.54, 1.807) is 6.07 Å². The van der Waals surface area contributed by atoms with Crippen molar-refractivity contribution in [2.75, 3.05) is 0 Å². The summed E-state index contributed by atoms with van der Waals surface area (Å²) in [6, 6.07) is 8.86. The van der Waals surface area contributed by atoms with Gasteiger partial charge in [-0.25, -0.2) is 30.7 Å². The number of alkyl halides is 2. The molecule has 5 rings (SSSR count). The predicted octanol–water partition coefficient (Wildman–Crippen LogP) is 10.2. The summed E-state index contributed by atoms with van der Waals surface area (Å²) >= 11 is 0. The van der Waals surface area contributed by atoms with Gasteiger partial charge in [-0.05, 0) is 72.6 Å². The molecule has 0 saturated heterocycles. The van der Waals surface area contributed by atoms with Crippen LogP contribution in [-0.4, -0.2) is 11.2 Å². The van der Waals surface area contributed by atoms with E-state index in [9.17, 15) is 40.2 Å². The second-order valence-electron chi connectivity index (χ2n) is 10.1. The zero-order chi connectivity index (χ0) is 32.3. The SMILES string of the molecule is CC.OC1CCC(c2ccc(-c3ccc(-c4cc(F)c(C(F)(F)Oc5cc(F)c(F)c(F)c5)c(F)c4)c(F)c3)c(F)c2)CC1. The molecule has 234 valence electrons. The van der Waals surface area contributed by atoms with E-state index in [0.717, 1.165) is 17.7 Å². The molecule has 44 heavy (non-hydrogen) atoms.